The van der Waals surface area contributed by atoms with Gasteiger partial charge in [-0.15, -0.1) is 0 Å². The SMILES string of the molecule is CCN(CC(=O)Nc1ccon1)C(=O)C1CC1. The molecule has 0 atom stereocenters. The Hall–Kier alpha value is -1.85. The van der Waals surface area contributed by atoms with E-state index in [1.807, 2.05) is 6.92 Å². The van der Waals surface area contributed by atoms with Crippen molar-refractivity contribution in [2.24, 2.45) is 5.92 Å². The van der Waals surface area contributed by atoms with Crippen molar-refractivity contribution >= 4 is 17.6 Å². The molecule has 1 saturated carbocycles. The number of nitrogens with zero attached hydrogens (tertiary/aromatic N) is 2. The summed E-state index contributed by atoms with van der Waals surface area (Å²) in [7, 11) is 0. The van der Waals surface area contributed by atoms with E-state index < -0.39 is 0 Å². The lowest BCUT2D eigenvalue weighted by Crippen LogP contribution is -2.38. The molecule has 1 aromatic rings. The van der Waals surface area contributed by atoms with Crippen molar-refractivity contribution in [3.63, 3.8) is 0 Å². The van der Waals surface area contributed by atoms with Crippen molar-refractivity contribution in [3.05, 3.63) is 12.3 Å². The van der Waals surface area contributed by atoms with Crippen LogP contribution in [0.15, 0.2) is 16.9 Å². The first kappa shape index (κ1) is 11.6. The molecule has 2 amide bonds. The van der Waals surface area contributed by atoms with E-state index in [0.717, 1.165) is 12.8 Å². The van der Waals surface area contributed by atoms with Gasteiger partial charge in [-0.25, -0.2) is 0 Å². The summed E-state index contributed by atoms with van der Waals surface area (Å²) in [6.07, 6.45) is 3.27. The maximum atomic E-state index is 11.8. The maximum Gasteiger partial charge on any atom is 0.245 e. The summed E-state index contributed by atoms with van der Waals surface area (Å²) in [5.41, 5.74) is 0. The van der Waals surface area contributed by atoms with E-state index in [2.05, 4.69) is 15.0 Å². The predicted molar refractivity (Wildman–Crippen MR) is 60.1 cm³/mol. The number of hydrogen-bond donors (Lipinski definition) is 1. The summed E-state index contributed by atoms with van der Waals surface area (Å²) in [5.74, 6) is 0.317. The molecule has 0 unspecified atom stereocenters. The van der Waals surface area contributed by atoms with E-state index in [9.17, 15) is 9.59 Å². The van der Waals surface area contributed by atoms with E-state index >= 15 is 0 Å². The lowest BCUT2D eigenvalue weighted by Gasteiger charge is -2.19. The Morgan fingerprint density at radius 2 is 2.35 bits per heavy atom. The zero-order valence-corrected chi connectivity index (χ0v) is 9.68. The fourth-order valence-electron chi connectivity index (χ4n) is 1.57. The van der Waals surface area contributed by atoms with Gasteiger partial charge in [0.05, 0.1) is 6.54 Å². The van der Waals surface area contributed by atoms with Crippen LogP contribution in [-0.4, -0.2) is 35.0 Å². The highest BCUT2D eigenvalue weighted by Gasteiger charge is 2.33. The molecular weight excluding hydrogens is 222 g/mol. The molecule has 0 saturated heterocycles. The molecule has 0 bridgehead atoms. The number of carbonyl (C=O) groups excluding carboxylic acids is 2. The third kappa shape index (κ3) is 3.05. The first-order valence-electron chi connectivity index (χ1n) is 5.69. The van der Waals surface area contributed by atoms with Crippen molar-refractivity contribution in [2.75, 3.05) is 18.4 Å². The largest absolute Gasteiger partial charge is 0.363 e. The second-order valence-electron chi connectivity index (χ2n) is 4.06. The van der Waals surface area contributed by atoms with Crippen LogP contribution in [0.5, 0.6) is 0 Å². The number of amides is 2. The van der Waals surface area contributed by atoms with Gasteiger partial charge in [0, 0.05) is 18.5 Å². The predicted octanol–water partition coefficient (Wildman–Crippen LogP) is 0.872. The number of carbonyl (C=O) groups is 2. The fraction of sp³-hybridized carbons (Fsp3) is 0.545. The van der Waals surface area contributed by atoms with Crippen molar-refractivity contribution in [2.45, 2.75) is 19.8 Å². The Morgan fingerprint density at radius 1 is 1.59 bits per heavy atom. The lowest BCUT2D eigenvalue weighted by molar-refractivity contribution is -0.135. The van der Waals surface area contributed by atoms with Gasteiger partial charge in [0.25, 0.3) is 0 Å². The number of nitrogens with one attached hydrogen (secondary N) is 1. The number of anilines is 1. The van der Waals surface area contributed by atoms with E-state index in [-0.39, 0.29) is 24.3 Å². The van der Waals surface area contributed by atoms with Gasteiger partial charge >= 0.3 is 0 Å². The summed E-state index contributed by atoms with van der Waals surface area (Å²) in [4.78, 5) is 25.0. The average Bonchev–Trinajstić information content (AvgIpc) is 3.05. The van der Waals surface area contributed by atoms with E-state index in [1.54, 1.807) is 11.0 Å². The average molecular weight is 237 g/mol. The Labute approximate surface area is 98.9 Å². The van der Waals surface area contributed by atoms with Gasteiger partial charge in [-0.1, -0.05) is 5.16 Å². The monoisotopic (exact) mass is 237 g/mol. The maximum absolute atomic E-state index is 11.8. The Balaban J connectivity index is 1.85. The number of likely N-dealkylation sites (N-methyl/N-ethyl adjacent to an activating group) is 1. The second kappa shape index (κ2) is 4.99. The van der Waals surface area contributed by atoms with Crippen molar-refractivity contribution in [3.8, 4) is 0 Å². The molecule has 0 aliphatic heterocycles. The van der Waals surface area contributed by atoms with E-state index in [4.69, 9.17) is 0 Å². The van der Waals surface area contributed by atoms with Crippen LogP contribution in [0.4, 0.5) is 5.82 Å². The summed E-state index contributed by atoms with van der Waals surface area (Å²) in [6.45, 7) is 2.48. The molecule has 17 heavy (non-hydrogen) atoms. The van der Waals surface area contributed by atoms with Gasteiger partial charge in [0.15, 0.2) is 5.82 Å². The number of rotatable bonds is 5. The molecule has 1 N–H and O–H groups in total. The van der Waals surface area contributed by atoms with Crippen LogP contribution in [0, 0.1) is 5.92 Å². The molecule has 1 aromatic heterocycles. The van der Waals surface area contributed by atoms with Crippen LogP contribution < -0.4 is 5.32 Å². The molecule has 0 spiro atoms. The Bertz CT molecular complexity index is 398. The molecule has 1 fully saturated rings. The highest BCUT2D eigenvalue weighted by atomic mass is 16.5. The van der Waals surface area contributed by atoms with Crippen molar-refractivity contribution < 1.29 is 14.1 Å². The fourth-order valence-corrected chi connectivity index (χ4v) is 1.57. The van der Waals surface area contributed by atoms with Crippen molar-refractivity contribution in [1.29, 1.82) is 0 Å². The quantitative estimate of drug-likeness (QED) is 0.824. The minimum Gasteiger partial charge on any atom is -0.363 e. The van der Waals surface area contributed by atoms with Crippen LogP contribution in [0.3, 0.4) is 0 Å². The first-order valence-corrected chi connectivity index (χ1v) is 5.69. The molecule has 6 nitrogen and oxygen atoms in total. The minimum atomic E-state index is -0.255. The molecule has 1 aliphatic carbocycles. The van der Waals surface area contributed by atoms with E-state index in [1.165, 1.54) is 6.26 Å². The summed E-state index contributed by atoms with van der Waals surface area (Å²) < 4.78 is 4.60. The normalized spacial score (nSPS) is 14.4. The third-order valence-corrected chi connectivity index (χ3v) is 2.66. The molecule has 1 heterocycles. The highest BCUT2D eigenvalue weighted by Crippen LogP contribution is 2.30. The smallest absolute Gasteiger partial charge is 0.245 e. The lowest BCUT2D eigenvalue weighted by atomic mass is 10.3. The van der Waals surface area contributed by atoms with Gasteiger partial charge in [-0.3, -0.25) is 9.59 Å². The Kier molecular flexibility index (Phi) is 3.41. The molecule has 0 radical (unpaired) electrons. The molecule has 6 heteroatoms. The van der Waals surface area contributed by atoms with Crippen LogP contribution in [0.2, 0.25) is 0 Å². The van der Waals surface area contributed by atoms with Gasteiger partial charge in [-0.2, -0.15) is 0 Å². The molecule has 92 valence electrons. The molecular formula is C11H15N3O3. The van der Waals surface area contributed by atoms with Gasteiger partial charge < -0.3 is 14.7 Å². The Morgan fingerprint density at radius 3 is 2.88 bits per heavy atom. The van der Waals surface area contributed by atoms with Gasteiger partial charge in [0.2, 0.25) is 11.8 Å². The zero-order chi connectivity index (χ0) is 12.3. The van der Waals surface area contributed by atoms with E-state index in [0.29, 0.717) is 12.4 Å². The zero-order valence-electron chi connectivity index (χ0n) is 9.68. The summed E-state index contributed by atoms with van der Waals surface area (Å²) in [5, 5.41) is 6.13. The van der Waals surface area contributed by atoms with Gasteiger partial charge in [-0.05, 0) is 19.8 Å². The summed E-state index contributed by atoms with van der Waals surface area (Å²) >= 11 is 0. The van der Waals surface area contributed by atoms with Crippen LogP contribution in [0.1, 0.15) is 19.8 Å². The highest BCUT2D eigenvalue weighted by molar-refractivity contribution is 5.94. The number of hydrogen-bond acceptors (Lipinski definition) is 4. The van der Waals surface area contributed by atoms with Crippen molar-refractivity contribution in [1.82, 2.24) is 10.1 Å². The molecule has 1 aliphatic rings. The molecule has 2 rings (SSSR count). The van der Waals surface area contributed by atoms with Gasteiger partial charge in [0.1, 0.15) is 6.26 Å². The number of aromatic nitrogens is 1. The van der Waals surface area contributed by atoms with Crippen LogP contribution >= 0.6 is 0 Å². The summed E-state index contributed by atoms with van der Waals surface area (Å²) in [6, 6.07) is 1.55. The third-order valence-electron chi connectivity index (χ3n) is 2.66. The minimum absolute atomic E-state index is 0.0681. The molecule has 0 aromatic carbocycles. The van der Waals surface area contributed by atoms with Crippen LogP contribution in [0.25, 0.3) is 0 Å². The standard InChI is InChI=1S/C11H15N3O3/c1-2-14(11(16)8-3-4-8)7-10(15)12-9-5-6-17-13-9/h5-6,8H,2-4,7H2,1H3,(H,12,13,15). The second-order valence-corrected chi connectivity index (χ2v) is 4.06. The van der Waals surface area contributed by atoms with Crippen LogP contribution in [-0.2, 0) is 9.59 Å². The first-order chi connectivity index (χ1) is 8.20. The topological polar surface area (TPSA) is 75.4 Å².